The van der Waals surface area contributed by atoms with Crippen LogP contribution in [0.4, 0.5) is 10.1 Å². The zero-order chi connectivity index (χ0) is 19.9. The van der Waals surface area contributed by atoms with E-state index in [-0.39, 0.29) is 17.5 Å². The SMILES string of the molecule is CC[S@](=N)(=O)c1ccc(N2CC[C@H](C#N)C2)c(-c2[nH]c3ccccc3c2F)c1. The number of halogens is 1. The van der Waals surface area contributed by atoms with Gasteiger partial charge < -0.3 is 9.88 Å². The monoisotopic (exact) mass is 396 g/mol. The number of nitrogens with one attached hydrogen (secondary N) is 2. The summed E-state index contributed by atoms with van der Waals surface area (Å²) in [6.45, 7) is 3.00. The number of hydrogen-bond acceptors (Lipinski definition) is 4. The molecule has 4 rings (SSSR count). The van der Waals surface area contributed by atoms with Gasteiger partial charge in [-0.15, -0.1) is 0 Å². The molecule has 2 aromatic carbocycles. The Morgan fingerprint density at radius 2 is 2.14 bits per heavy atom. The van der Waals surface area contributed by atoms with Crippen LogP contribution in [0.15, 0.2) is 47.4 Å². The number of H-pyrrole nitrogens is 1. The fraction of sp³-hybridized carbons (Fsp3) is 0.286. The predicted molar refractivity (Wildman–Crippen MR) is 109 cm³/mol. The van der Waals surface area contributed by atoms with E-state index in [0.717, 1.165) is 12.1 Å². The molecule has 2 N–H and O–H groups in total. The Morgan fingerprint density at radius 1 is 1.36 bits per heavy atom. The Hall–Kier alpha value is -2.85. The first-order chi connectivity index (χ1) is 13.4. The number of nitrogens with zero attached hydrogens (tertiary/aromatic N) is 2. The van der Waals surface area contributed by atoms with Crippen LogP contribution in [-0.2, 0) is 9.73 Å². The zero-order valence-electron chi connectivity index (χ0n) is 15.5. The summed E-state index contributed by atoms with van der Waals surface area (Å²) in [4.78, 5) is 5.60. The molecule has 0 saturated carbocycles. The topological polar surface area (TPSA) is 83.7 Å². The second-order valence-corrected chi connectivity index (χ2v) is 9.46. The highest BCUT2D eigenvalue weighted by atomic mass is 32.2. The van der Waals surface area contributed by atoms with Crippen molar-refractivity contribution in [1.82, 2.24) is 4.98 Å². The Bertz CT molecular complexity index is 1190. The van der Waals surface area contributed by atoms with Gasteiger partial charge in [-0.1, -0.05) is 19.1 Å². The van der Waals surface area contributed by atoms with Crippen molar-refractivity contribution in [1.29, 1.82) is 10.0 Å². The average molecular weight is 396 g/mol. The van der Waals surface area contributed by atoms with Gasteiger partial charge in [0, 0.05) is 45.9 Å². The predicted octanol–water partition coefficient (Wildman–Crippen LogP) is 4.75. The van der Waals surface area contributed by atoms with E-state index in [1.54, 1.807) is 37.3 Å². The van der Waals surface area contributed by atoms with Gasteiger partial charge in [-0.3, -0.25) is 0 Å². The average Bonchev–Trinajstić information content (AvgIpc) is 3.32. The van der Waals surface area contributed by atoms with Gasteiger partial charge in [-0.25, -0.2) is 13.4 Å². The van der Waals surface area contributed by atoms with Crippen molar-refractivity contribution in [3.63, 3.8) is 0 Å². The number of aromatic nitrogens is 1. The van der Waals surface area contributed by atoms with Crippen molar-refractivity contribution in [2.45, 2.75) is 18.2 Å². The maximum Gasteiger partial charge on any atom is 0.156 e. The number of anilines is 1. The molecule has 0 unspecified atom stereocenters. The number of aromatic amines is 1. The van der Waals surface area contributed by atoms with Gasteiger partial charge in [0.2, 0.25) is 0 Å². The van der Waals surface area contributed by atoms with Crippen LogP contribution in [0.3, 0.4) is 0 Å². The standard InChI is InChI=1S/C21H21FN4OS/c1-2-28(24,27)15-7-8-19(26-10-9-14(12-23)13-26)17(11-15)21-20(22)16-5-3-4-6-18(16)25-21/h3-8,11,14,24-25H,2,9-10,13H2,1H3/t14-,28+/m1/s1. The van der Waals surface area contributed by atoms with Crippen LogP contribution in [-0.4, -0.2) is 28.0 Å². The van der Waals surface area contributed by atoms with Crippen molar-refractivity contribution < 1.29 is 8.60 Å². The van der Waals surface area contributed by atoms with E-state index in [4.69, 9.17) is 4.78 Å². The van der Waals surface area contributed by atoms with Crippen molar-refractivity contribution in [3.05, 3.63) is 48.3 Å². The molecule has 0 spiro atoms. The number of nitriles is 1. The summed E-state index contributed by atoms with van der Waals surface area (Å²) in [7, 11) is -2.93. The van der Waals surface area contributed by atoms with E-state index in [2.05, 4.69) is 16.0 Å². The number of hydrogen-bond donors (Lipinski definition) is 2. The highest BCUT2D eigenvalue weighted by molar-refractivity contribution is 7.92. The number of benzene rings is 2. The van der Waals surface area contributed by atoms with Gasteiger partial charge in [0.25, 0.3) is 0 Å². The molecule has 28 heavy (non-hydrogen) atoms. The van der Waals surface area contributed by atoms with Gasteiger partial charge in [0.1, 0.15) is 0 Å². The van der Waals surface area contributed by atoms with Crippen LogP contribution in [0.25, 0.3) is 22.2 Å². The summed E-state index contributed by atoms with van der Waals surface area (Å²) in [6, 6.07) is 14.6. The Labute approximate surface area is 163 Å². The van der Waals surface area contributed by atoms with Gasteiger partial charge in [0.15, 0.2) is 5.82 Å². The number of fused-ring (bicyclic) bond motifs is 1. The second-order valence-electron chi connectivity index (χ2n) is 7.06. The molecule has 3 aromatic rings. The van der Waals surface area contributed by atoms with Gasteiger partial charge >= 0.3 is 0 Å². The summed E-state index contributed by atoms with van der Waals surface area (Å²) in [6.07, 6.45) is 0.761. The number of rotatable bonds is 4. The molecule has 1 saturated heterocycles. The highest BCUT2D eigenvalue weighted by Gasteiger charge is 2.27. The molecule has 2 heterocycles. The third kappa shape index (κ3) is 3.04. The molecule has 1 aromatic heterocycles. The summed E-state index contributed by atoms with van der Waals surface area (Å²) in [5.74, 6) is -0.226. The fourth-order valence-electron chi connectivity index (χ4n) is 3.74. The number of para-hydroxylation sites is 1. The first kappa shape index (κ1) is 18.5. The summed E-state index contributed by atoms with van der Waals surface area (Å²) < 4.78 is 36.0. The van der Waals surface area contributed by atoms with Gasteiger partial charge in [-0.2, -0.15) is 5.26 Å². The molecule has 1 aliphatic rings. The summed E-state index contributed by atoms with van der Waals surface area (Å²) in [5.41, 5.74) is 2.38. The summed E-state index contributed by atoms with van der Waals surface area (Å²) >= 11 is 0. The second kappa shape index (κ2) is 6.95. The van der Waals surface area contributed by atoms with E-state index in [9.17, 15) is 9.47 Å². The molecule has 7 heteroatoms. The molecular weight excluding hydrogens is 375 g/mol. The highest BCUT2D eigenvalue weighted by Crippen LogP contribution is 2.38. The van der Waals surface area contributed by atoms with Crippen LogP contribution in [0.1, 0.15) is 13.3 Å². The molecule has 0 radical (unpaired) electrons. The van der Waals surface area contributed by atoms with E-state index < -0.39 is 9.73 Å². The fourth-order valence-corrected chi connectivity index (χ4v) is 4.67. The van der Waals surface area contributed by atoms with Crippen molar-refractivity contribution >= 4 is 26.3 Å². The van der Waals surface area contributed by atoms with Gasteiger partial charge in [0.05, 0.1) is 27.4 Å². The third-order valence-electron chi connectivity index (χ3n) is 5.38. The smallest absolute Gasteiger partial charge is 0.156 e. The van der Waals surface area contributed by atoms with Gasteiger partial charge in [-0.05, 0) is 36.8 Å². The van der Waals surface area contributed by atoms with Crippen LogP contribution >= 0.6 is 0 Å². The largest absolute Gasteiger partial charge is 0.370 e. The zero-order valence-corrected chi connectivity index (χ0v) is 16.4. The van der Waals surface area contributed by atoms with Crippen LogP contribution in [0.2, 0.25) is 0 Å². The Balaban J connectivity index is 1.93. The molecule has 144 valence electrons. The Kier molecular flexibility index (Phi) is 4.60. The van der Waals surface area contributed by atoms with Crippen molar-refractivity contribution in [3.8, 4) is 17.3 Å². The molecule has 1 fully saturated rings. The molecule has 0 aliphatic carbocycles. The summed E-state index contributed by atoms with van der Waals surface area (Å²) in [5, 5.41) is 9.73. The lowest BCUT2D eigenvalue weighted by molar-refractivity contribution is 0.643. The first-order valence-electron chi connectivity index (χ1n) is 9.26. The van der Waals surface area contributed by atoms with Crippen molar-refractivity contribution in [2.75, 3.05) is 23.7 Å². The molecular formula is C21H21FN4OS. The van der Waals surface area contributed by atoms with Crippen LogP contribution in [0.5, 0.6) is 0 Å². The van der Waals surface area contributed by atoms with E-state index in [1.807, 2.05) is 12.1 Å². The minimum Gasteiger partial charge on any atom is -0.370 e. The van der Waals surface area contributed by atoms with E-state index in [1.165, 1.54) is 0 Å². The maximum atomic E-state index is 15.2. The minimum atomic E-state index is -2.93. The molecule has 1 aliphatic heterocycles. The van der Waals surface area contributed by atoms with Crippen molar-refractivity contribution in [2.24, 2.45) is 5.92 Å². The minimum absolute atomic E-state index is 0.0591. The quantitative estimate of drug-likeness (QED) is 0.667. The van der Waals surface area contributed by atoms with E-state index >= 15 is 4.39 Å². The first-order valence-corrected chi connectivity index (χ1v) is 11.0. The van der Waals surface area contributed by atoms with Crippen LogP contribution in [0, 0.1) is 27.8 Å². The lowest BCUT2D eigenvalue weighted by Gasteiger charge is -2.22. The normalized spacial score (nSPS) is 18.9. The van der Waals surface area contributed by atoms with E-state index in [0.29, 0.717) is 40.1 Å². The third-order valence-corrected chi connectivity index (χ3v) is 7.21. The maximum absolute atomic E-state index is 15.2. The Morgan fingerprint density at radius 3 is 2.82 bits per heavy atom. The molecule has 0 bridgehead atoms. The molecule has 2 atom stereocenters. The lowest BCUT2D eigenvalue weighted by Crippen LogP contribution is -2.20. The molecule has 0 amide bonds. The van der Waals surface area contributed by atoms with Crippen LogP contribution < -0.4 is 4.90 Å². The lowest BCUT2D eigenvalue weighted by atomic mass is 10.1. The molecule has 5 nitrogen and oxygen atoms in total.